The summed E-state index contributed by atoms with van der Waals surface area (Å²) in [6.07, 6.45) is 1.29. The van der Waals surface area contributed by atoms with Crippen molar-refractivity contribution >= 4 is 34.6 Å². The summed E-state index contributed by atoms with van der Waals surface area (Å²) in [6, 6.07) is -0.0308. The van der Waals surface area contributed by atoms with Gasteiger partial charge >= 0.3 is 0 Å². The van der Waals surface area contributed by atoms with E-state index in [1.54, 1.807) is 5.38 Å². The molecule has 1 aromatic heterocycles. The molecule has 0 aliphatic rings. The number of carbonyl (C=O) groups excluding carboxylic acids is 1. The Bertz CT molecular complexity index is 338. The highest BCUT2D eigenvalue weighted by atomic mass is 32.1. The average Bonchev–Trinajstić information content (AvgIpc) is 2.68. The first-order valence-electron chi connectivity index (χ1n) is 4.49. The van der Waals surface area contributed by atoms with E-state index >= 15 is 0 Å². The van der Waals surface area contributed by atoms with Gasteiger partial charge in [-0.15, -0.1) is 5.10 Å². The summed E-state index contributed by atoms with van der Waals surface area (Å²) in [6.45, 7) is 1.96. The van der Waals surface area contributed by atoms with E-state index in [1.165, 1.54) is 0 Å². The number of nitrogens with two attached hydrogens (primary N) is 1. The first-order chi connectivity index (χ1) is 7.13. The van der Waals surface area contributed by atoms with Crippen LogP contribution in [0.25, 0.3) is 0 Å². The highest BCUT2D eigenvalue weighted by molar-refractivity contribution is 7.80. The summed E-state index contributed by atoms with van der Waals surface area (Å²) in [5.74, 6) is -0.230. The second-order valence-corrected chi connectivity index (χ2v) is 4.17. The molecule has 0 spiro atoms. The fraction of sp³-hybridized carbons (Fsp3) is 0.500. The molecule has 0 aliphatic carbocycles. The number of hydrogen-bond donors (Lipinski definition) is 2. The van der Waals surface area contributed by atoms with Crippen LogP contribution in [0, 0.1) is 0 Å². The van der Waals surface area contributed by atoms with Crippen LogP contribution in [0.5, 0.6) is 0 Å². The molecule has 15 heavy (non-hydrogen) atoms. The molecule has 0 fully saturated rings. The minimum atomic E-state index is -0.230. The summed E-state index contributed by atoms with van der Waals surface area (Å²) >= 11 is 5.94. The van der Waals surface area contributed by atoms with E-state index in [0.717, 1.165) is 18.0 Å². The second-order valence-electron chi connectivity index (χ2n) is 3.04. The van der Waals surface area contributed by atoms with Crippen LogP contribution in [0.4, 0.5) is 0 Å². The Kier molecular flexibility index (Phi) is 4.57. The molecular formula is C8H12N4OS2. The molecular weight excluding hydrogens is 232 g/mol. The molecule has 1 atom stereocenters. The van der Waals surface area contributed by atoms with Crippen molar-refractivity contribution in [3.63, 3.8) is 0 Å². The van der Waals surface area contributed by atoms with Crippen LogP contribution in [0.2, 0.25) is 0 Å². The summed E-state index contributed by atoms with van der Waals surface area (Å²) in [4.78, 5) is 12.0. The van der Waals surface area contributed by atoms with Crippen LogP contribution in [0.3, 0.4) is 0 Å². The van der Waals surface area contributed by atoms with Crippen LogP contribution in [-0.2, 0) is 0 Å². The van der Waals surface area contributed by atoms with Gasteiger partial charge in [0.05, 0.1) is 4.99 Å². The molecule has 1 unspecified atom stereocenters. The van der Waals surface area contributed by atoms with Gasteiger partial charge in [-0.25, -0.2) is 0 Å². The minimum absolute atomic E-state index is 0.0308. The number of amides is 1. The Balaban J connectivity index is 2.52. The largest absolute Gasteiger partial charge is 0.393 e. The zero-order chi connectivity index (χ0) is 11.3. The number of nitrogens with one attached hydrogen (secondary N) is 1. The summed E-state index contributed by atoms with van der Waals surface area (Å²) in [5.41, 5.74) is 5.75. The average molecular weight is 244 g/mol. The Morgan fingerprint density at radius 3 is 3.00 bits per heavy atom. The van der Waals surface area contributed by atoms with Gasteiger partial charge in [-0.05, 0) is 18.0 Å². The number of nitrogens with zero attached hydrogens (tertiary/aromatic N) is 2. The lowest BCUT2D eigenvalue weighted by Gasteiger charge is -2.14. The standard InChI is InChI=1S/C8H12N4OS2/c1-2-5(3-7(9)14)10-8(13)6-4-15-12-11-6/h4-5H,2-3H2,1H3,(H2,9,14)(H,10,13). The van der Waals surface area contributed by atoms with Crippen LogP contribution in [0.1, 0.15) is 30.3 Å². The maximum atomic E-state index is 11.6. The van der Waals surface area contributed by atoms with Crippen molar-refractivity contribution in [2.75, 3.05) is 0 Å². The van der Waals surface area contributed by atoms with Crippen molar-refractivity contribution in [2.45, 2.75) is 25.8 Å². The first-order valence-corrected chi connectivity index (χ1v) is 5.74. The topological polar surface area (TPSA) is 80.9 Å². The molecule has 1 aromatic rings. The molecule has 1 rings (SSSR count). The molecule has 5 nitrogen and oxygen atoms in total. The van der Waals surface area contributed by atoms with Crippen LogP contribution < -0.4 is 11.1 Å². The van der Waals surface area contributed by atoms with E-state index in [4.69, 9.17) is 18.0 Å². The molecule has 7 heteroatoms. The summed E-state index contributed by atoms with van der Waals surface area (Å²) < 4.78 is 3.62. The zero-order valence-electron chi connectivity index (χ0n) is 8.27. The van der Waals surface area contributed by atoms with Crippen molar-refractivity contribution < 1.29 is 4.79 Å². The zero-order valence-corrected chi connectivity index (χ0v) is 9.90. The summed E-state index contributed by atoms with van der Waals surface area (Å²) in [7, 11) is 0. The molecule has 0 radical (unpaired) electrons. The minimum Gasteiger partial charge on any atom is -0.393 e. The van der Waals surface area contributed by atoms with Crippen molar-refractivity contribution in [3.8, 4) is 0 Å². The van der Waals surface area contributed by atoms with E-state index in [2.05, 4.69) is 14.9 Å². The fourth-order valence-corrected chi connectivity index (χ4v) is 1.70. The van der Waals surface area contributed by atoms with Crippen LogP contribution >= 0.6 is 23.8 Å². The highest BCUT2D eigenvalue weighted by Crippen LogP contribution is 2.02. The lowest BCUT2D eigenvalue weighted by atomic mass is 10.1. The van der Waals surface area contributed by atoms with E-state index in [9.17, 15) is 4.79 Å². The fourth-order valence-electron chi connectivity index (χ4n) is 1.06. The SMILES string of the molecule is CCC(CC(N)=S)NC(=O)c1csnn1. The predicted octanol–water partition coefficient (Wildman–Crippen LogP) is 0.723. The van der Waals surface area contributed by atoms with Gasteiger partial charge in [-0.2, -0.15) is 0 Å². The molecule has 1 heterocycles. The molecule has 0 bridgehead atoms. The van der Waals surface area contributed by atoms with Crippen molar-refractivity contribution in [2.24, 2.45) is 5.73 Å². The number of aromatic nitrogens is 2. The quantitative estimate of drug-likeness (QED) is 0.746. The predicted molar refractivity (Wildman–Crippen MR) is 62.9 cm³/mol. The van der Waals surface area contributed by atoms with Crippen molar-refractivity contribution in [1.29, 1.82) is 0 Å². The van der Waals surface area contributed by atoms with Crippen LogP contribution in [0.15, 0.2) is 5.38 Å². The maximum Gasteiger partial charge on any atom is 0.272 e. The van der Waals surface area contributed by atoms with E-state index < -0.39 is 0 Å². The Labute approximate surface area is 97.2 Å². The van der Waals surface area contributed by atoms with E-state index in [1.807, 2.05) is 6.92 Å². The molecule has 0 saturated heterocycles. The van der Waals surface area contributed by atoms with E-state index in [0.29, 0.717) is 17.1 Å². The van der Waals surface area contributed by atoms with Crippen molar-refractivity contribution in [3.05, 3.63) is 11.1 Å². The van der Waals surface area contributed by atoms with Gasteiger partial charge in [0, 0.05) is 17.8 Å². The number of rotatable bonds is 5. The highest BCUT2D eigenvalue weighted by Gasteiger charge is 2.14. The molecule has 82 valence electrons. The Morgan fingerprint density at radius 2 is 2.53 bits per heavy atom. The molecule has 1 amide bonds. The lowest BCUT2D eigenvalue weighted by molar-refractivity contribution is 0.0932. The lowest BCUT2D eigenvalue weighted by Crippen LogP contribution is -2.37. The monoisotopic (exact) mass is 244 g/mol. The van der Waals surface area contributed by atoms with Gasteiger partial charge in [0.15, 0.2) is 5.69 Å². The molecule has 0 aromatic carbocycles. The van der Waals surface area contributed by atoms with Crippen molar-refractivity contribution in [1.82, 2.24) is 14.9 Å². The van der Waals surface area contributed by atoms with Gasteiger partial charge in [-0.3, -0.25) is 4.79 Å². The van der Waals surface area contributed by atoms with Gasteiger partial charge in [0.1, 0.15) is 0 Å². The maximum absolute atomic E-state index is 11.6. The third-order valence-electron chi connectivity index (χ3n) is 1.87. The number of hydrogen-bond acceptors (Lipinski definition) is 5. The van der Waals surface area contributed by atoms with Gasteiger partial charge in [-0.1, -0.05) is 23.6 Å². The Morgan fingerprint density at radius 1 is 1.80 bits per heavy atom. The molecule has 0 aliphatic heterocycles. The number of carbonyl (C=O) groups is 1. The van der Waals surface area contributed by atoms with Gasteiger partial charge in [0.25, 0.3) is 5.91 Å². The van der Waals surface area contributed by atoms with Gasteiger partial charge in [0.2, 0.25) is 0 Å². The molecule has 0 saturated carbocycles. The molecule has 3 N–H and O–H groups in total. The summed E-state index contributed by atoms with van der Waals surface area (Å²) in [5, 5.41) is 8.07. The van der Waals surface area contributed by atoms with Crippen LogP contribution in [-0.4, -0.2) is 26.5 Å². The van der Waals surface area contributed by atoms with Gasteiger partial charge < -0.3 is 11.1 Å². The third kappa shape index (κ3) is 3.88. The Hall–Kier alpha value is -1.08. The first kappa shape index (κ1) is 12.0. The second kappa shape index (κ2) is 5.72. The number of thiocarbonyl (C=S) groups is 1. The normalized spacial score (nSPS) is 12.1. The third-order valence-corrected chi connectivity index (χ3v) is 2.54. The van der Waals surface area contributed by atoms with E-state index in [-0.39, 0.29) is 11.9 Å². The smallest absolute Gasteiger partial charge is 0.272 e.